The molecule has 3 aromatic rings. The SMILES string of the molecule is CCN(Cc1ccncc1)C(=O)c1cn2ccsc2n1. The van der Waals surface area contributed by atoms with E-state index < -0.39 is 0 Å². The van der Waals surface area contributed by atoms with Crippen LogP contribution in [0, 0.1) is 0 Å². The average Bonchev–Trinajstić information content (AvgIpc) is 3.06. The quantitative estimate of drug-likeness (QED) is 0.740. The highest BCUT2D eigenvalue weighted by molar-refractivity contribution is 7.15. The number of nitrogens with zero attached hydrogens (tertiary/aromatic N) is 4. The Morgan fingerprint density at radius 1 is 1.40 bits per heavy atom. The van der Waals surface area contributed by atoms with Crippen LogP contribution in [0.25, 0.3) is 4.96 Å². The van der Waals surface area contributed by atoms with Gasteiger partial charge in [-0.2, -0.15) is 0 Å². The fraction of sp³-hybridized carbons (Fsp3) is 0.214. The Bertz CT molecular complexity index is 690. The maximum atomic E-state index is 12.5. The van der Waals surface area contributed by atoms with Crippen molar-refractivity contribution in [3.05, 3.63) is 53.6 Å². The van der Waals surface area contributed by atoms with Crippen LogP contribution in [0.1, 0.15) is 23.0 Å². The zero-order chi connectivity index (χ0) is 13.9. The molecule has 0 unspecified atom stereocenters. The Labute approximate surface area is 120 Å². The monoisotopic (exact) mass is 286 g/mol. The largest absolute Gasteiger partial charge is 0.333 e. The van der Waals surface area contributed by atoms with E-state index in [0.717, 1.165) is 10.5 Å². The van der Waals surface area contributed by atoms with Crippen LogP contribution >= 0.6 is 11.3 Å². The van der Waals surface area contributed by atoms with Gasteiger partial charge in [0.2, 0.25) is 0 Å². The Morgan fingerprint density at radius 3 is 2.90 bits per heavy atom. The topological polar surface area (TPSA) is 50.5 Å². The summed E-state index contributed by atoms with van der Waals surface area (Å²) in [5.74, 6) is -0.0415. The number of hydrogen-bond donors (Lipinski definition) is 0. The number of carbonyl (C=O) groups is 1. The second-order valence-electron chi connectivity index (χ2n) is 4.39. The lowest BCUT2D eigenvalue weighted by Crippen LogP contribution is -2.30. The van der Waals surface area contributed by atoms with Crippen LogP contribution in [-0.2, 0) is 6.54 Å². The summed E-state index contributed by atoms with van der Waals surface area (Å²) in [5.41, 5.74) is 1.56. The molecule has 0 bridgehead atoms. The van der Waals surface area contributed by atoms with Crippen molar-refractivity contribution < 1.29 is 4.79 Å². The van der Waals surface area contributed by atoms with Crippen molar-refractivity contribution in [2.75, 3.05) is 6.54 Å². The van der Waals surface area contributed by atoms with E-state index in [1.54, 1.807) is 23.5 Å². The summed E-state index contributed by atoms with van der Waals surface area (Å²) in [5, 5.41) is 1.95. The minimum Gasteiger partial charge on any atom is -0.333 e. The summed E-state index contributed by atoms with van der Waals surface area (Å²) in [6, 6.07) is 3.84. The van der Waals surface area contributed by atoms with E-state index in [2.05, 4.69) is 9.97 Å². The summed E-state index contributed by atoms with van der Waals surface area (Å²) in [6.07, 6.45) is 7.16. The van der Waals surface area contributed by atoms with E-state index in [-0.39, 0.29) is 5.91 Å². The summed E-state index contributed by atoms with van der Waals surface area (Å²) >= 11 is 1.52. The number of amides is 1. The van der Waals surface area contributed by atoms with Crippen LogP contribution in [-0.4, -0.2) is 31.7 Å². The molecular formula is C14H14N4OS. The molecule has 6 heteroatoms. The van der Waals surface area contributed by atoms with Crippen molar-refractivity contribution >= 4 is 22.2 Å². The summed E-state index contributed by atoms with van der Waals surface area (Å²) < 4.78 is 1.87. The van der Waals surface area contributed by atoms with E-state index in [1.807, 2.05) is 35.0 Å². The number of thiazole rings is 1. The van der Waals surface area contributed by atoms with Gasteiger partial charge < -0.3 is 4.90 Å². The van der Waals surface area contributed by atoms with Crippen LogP contribution in [0.2, 0.25) is 0 Å². The van der Waals surface area contributed by atoms with Crippen LogP contribution in [0.5, 0.6) is 0 Å². The number of aromatic nitrogens is 3. The molecule has 0 spiro atoms. The normalized spacial score (nSPS) is 10.8. The zero-order valence-electron chi connectivity index (χ0n) is 11.1. The molecule has 0 aromatic carbocycles. The molecule has 20 heavy (non-hydrogen) atoms. The van der Waals surface area contributed by atoms with Crippen LogP contribution in [0.4, 0.5) is 0 Å². The molecule has 0 atom stereocenters. The van der Waals surface area contributed by atoms with Gasteiger partial charge >= 0.3 is 0 Å². The van der Waals surface area contributed by atoms with E-state index in [0.29, 0.717) is 18.8 Å². The number of carbonyl (C=O) groups excluding carboxylic acids is 1. The molecule has 102 valence electrons. The van der Waals surface area contributed by atoms with E-state index in [1.165, 1.54) is 11.3 Å². The highest BCUT2D eigenvalue weighted by Gasteiger charge is 2.18. The van der Waals surface area contributed by atoms with Gasteiger partial charge in [-0.1, -0.05) is 0 Å². The molecule has 3 rings (SSSR count). The second kappa shape index (κ2) is 5.42. The Morgan fingerprint density at radius 2 is 2.20 bits per heavy atom. The van der Waals surface area contributed by atoms with Gasteiger partial charge in [0.1, 0.15) is 5.69 Å². The van der Waals surface area contributed by atoms with Crippen LogP contribution in [0.15, 0.2) is 42.3 Å². The zero-order valence-corrected chi connectivity index (χ0v) is 11.9. The van der Waals surface area contributed by atoms with Gasteiger partial charge in [-0.05, 0) is 24.6 Å². The Hall–Kier alpha value is -2.21. The minimum atomic E-state index is -0.0415. The lowest BCUT2D eigenvalue weighted by molar-refractivity contribution is 0.0747. The first-order valence-electron chi connectivity index (χ1n) is 6.38. The van der Waals surface area contributed by atoms with Gasteiger partial charge in [0, 0.05) is 43.3 Å². The standard InChI is InChI=1S/C14H14N4OS/c1-2-17(9-11-3-5-15-6-4-11)13(19)12-10-18-7-8-20-14(18)16-12/h3-8,10H,2,9H2,1H3. The van der Waals surface area contributed by atoms with Gasteiger partial charge in [-0.25, -0.2) is 4.98 Å². The molecule has 0 aliphatic carbocycles. The first-order valence-corrected chi connectivity index (χ1v) is 7.26. The van der Waals surface area contributed by atoms with Gasteiger partial charge in [-0.15, -0.1) is 11.3 Å². The van der Waals surface area contributed by atoms with Crippen molar-refractivity contribution in [3.63, 3.8) is 0 Å². The molecule has 0 N–H and O–H groups in total. The van der Waals surface area contributed by atoms with Gasteiger partial charge in [0.25, 0.3) is 5.91 Å². The minimum absolute atomic E-state index is 0.0415. The van der Waals surface area contributed by atoms with E-state index in [4.69, 9.17) is 0 Å². The summed E-state index contributed by atoms with van der Waals surface area (Å²) in [4.78, 5) is 23.5. The molecule has 0 fully saturated rings. The third kappa shape index (κ3) is 2.42. The van der Waals surface area contributed by atoms with E-state index >= 15 is 0 Å². The fourth-order valence-electron chi connectivity index (χ4n) is 2.03. The maximum absolute atomic E-state index is 12.5. The van der Waals surface area contributed by atoms with Crippen molar-refractivity contribution in [2.45, 2.75) is 13.5 Å². The summed E-state index contributed by atoms with van der Waals surface area (Å²) in [7, 11) is 0. The third-order valence-corrected chi connectivity index (χ3v) is 3.87. The number of fused-ring (bicyclic) bond motifs is 1. The first-order chi connectivity index (χ1) is 9.78. The third-order valence-electron chi connectivity index (χ3n) is 3.10. The van der Waals surface area contributed by atoms with E-state index in [9.17, 15) is 4.79 Å². The molecule has 0 aliphatic rings. The summed E-state index contributed by atoms with van der Waals surface area (Å²) in [6.45, 7) is 3.19. The molecule has 3 aromatic heterocycles. The molecule has 3 heterocycles. The predicted octanol–water partition coefficient (Wildman–Crippen LogP) is 2.45. The molecule has 5 nitrogen and oxygen atoms in total. The van der Waals surface area contributed by atoms with Crippen LogP contribution in [0.3, 0.4) is 0 Å². The average molecular weight is 286 g/mol. The van der Waals surface area contributed by atoms with Crippen molar-refractivity contribution in [1.82, 2.24) is 19.3 Å². The molecule has 0 aliphatic heterocycles. The first kappa shape index (κ1) is 12.8. The molecule has 1 amide bonds. The van der Waals surface area contributed by atoms with Crippen molar-refractivity contribution in [3.8, 4) is 0 Å². The molecule has 0 saturated heterocycles. The Balaban J connectivity index is 1.81. The molecule has 0 radical (unpaired) electrons. The lowest BCUT2D eigenvalue weighted by Gasteiger charge is -2.19. The molecule has 0 saturated carbocycles. The highest BCUT2D eigenvalue weighted by atomic mass is 32.1. The number of imidazole rings is 1. The maximum Gasteiger partial charge on any atom is 0.274 e. The number of hydrogen-bond acceptors (Lipinski definition) is 4. The second-order valence-corrected chi connectivity index (χ2v) is 5.27. The van der Waals surface area contributed by atoms with Gasteiger partial charge in [-0.3, -0.25) is 14.2 Å². The number of pyridine rings is 1. The van der Waals surface area contributed by atoms with Crippen molar-refractivity contribution in [1.29, 1.82) is 0 Å². The van der Waals surface area contributed by atoms with Crippen molar-refractivity contribution in [2.24, 2.45) is 0 Å². The van der Waals surface area contributed by atoms with Gasteiger partial charge in [0.05, 0.1) is 0 Å². The smallest absolute Gasteiger partial charge is 0.274 e. The fourth-order valence-corrected chi connectivity index (χ4v) is 2.73. The van der Waals surface area contributed by atoms with Crippen LogP contribution < -0.4 is 0 Å². The Kier molecular flexibility index (Phi) is 3.47. The highest BCUT2D eigenvalue weighted by Crippen LogP contribution is 2.14. The predicted molar refractivity (Wildman–Crippen MR) is 77.7 cm³/mol. The molecular weight excluding hydrogens is 272 g/mol. The number of rotatable bonds is 4. The van der Waals surface area contributed by atoms with Gasteiger partial charge in [0.15, 0.2) is 4.96 Å². The lowest BCUT2D eigenvalue weighted by atomic mass is 10.2.